The second-order valence-electron chi connectivity index (χ2n) is 6.47. The summed E-state index contributed by atoms with van der Waals surface area (Å²) in [5, 5.41) is 0. The van der Waals surface area contributed by atoms with Crippen molar-refractivity contribution in [2.24, 2.45) is 0 Å². The smallest absolute Gasteiger partial charge is 0.254 e. The normalized spacial score (nSPS) is 16.2. The number of morpholine rings is 1. The van der Waals surface area contributed by atoms with Gasteiger partial charge in [0.1, 0.15) is 0 Å². The molecule has 2 aliphatic heterocycles. The largest absolute Gasteiger partial charge is 0.493 e. The molecule has 0 aliphatic carbocycles. The Morgan fingerprint density at radius 2 is 1.89 bits per heavy atom. The number of amides is 1. The van der Waals surface area contributed by atoms with Gasteiger partial charge in [0.25, 0.3) is 5.91 Å². The number of fused-ring (bicyclic) bond motifs is 1. The van der Waals surface area contributed by atoms with Crippen LogP contribution in [0.3, 0.4) is 0 Å². The zero-order valence-electron chi connectivity index (χ0n) is 15.5. The Labute approximate surface area is 157 Å². The molecule has 4 rings (SSSR count). The third-order valence-electron chi connectivity index (χ3n) is 4.85. The van der Waals surface area contributed by atoms with E-state index in [4.69, 9.17) is 14.2 Å². The molecule has 1 amide bonds. The Morgan fingerprint density at radius 3 is 2.63 bits per heavy atom. The van der Waals surface area contributed by atoms with Crippen LogP contribution < -0.4 is 14.4 Å². The van der Waals surface area contributed by atoms with Crippen molar-refractivity contribution >= 4 is 11.9 Å². The van der Waals surface area contributed by atoms with E-state index >= 15 is 0 Å². The molecule has 0 atom stereocenters. The lowest BCUT2D eigenvalue weighted by atomic mass is 10.1. The molecule has 1 aromatic carbocycles. The number of benzene rings is 1. The molecule has 142 valence electrons. The zero-order chi connectivity index (χ0) is 18.8. The number of hydrogen-bond acceptors (Lipinski definition) is 7. The zero-order valence-corrected chi connectivity index (χ0v) is 15.5. The average molecular weight is 370 g/mol. The Hall–Kier alpha value is -2.87. The Bertz CT molecular complexity index is 852. The highest BCUT2D eigenvalue weighted by Gasteiger charge is 2.27. The predicted molar refractivity (Wildman–Crippen MR) is 98.2 cm³/mol. The van der Waals surface area contributed by atoms with Crippen LogP contribution in [0, 0.1) is 0 Å². The molecule has 1 aromatic heterocycles. The maximum Gasteiger partial charge on any atom is 0.254 e. The molecule has 1 fully saturated rings. The van der Waals surface area contributed by atoms with E-state index in [1.807, 2.05) is 6.20 Å². The number of hydrogen-bond donors (Lipinski definition) is 0. The summed E-state index contributed by atoms with van der Waals surface area (Å²) in [6.07, 6.45) is 1.83. The molecule has 2 aromatic rings. The van der Waals surface area contributed by atoms with Crippen molar-refractivity contribution in [3.05, 3.63) is 41.2 Å². The highest BCUT2D eigenvalue weighted by molar-refractivity contribution is 5.95. The van der Waals surface area contributed by atoms with E-state index in [2.05, 4.69) is 14.9 Å². The van der Waals surface area contributed by atoms with Crippen LogP contribution in [0.5, 0.6) is 11.5 Å². The molecule has 0 unspecified atom stereocenters. The van der Waals surface area contributed by atoms with Gasteiger partial charge < -0.3 is 24.0 Å². The van der Waals surface area contributed by atoms with Crippen molar-refractivity contribution < 1.29 is 19.0 Å². The predicted octanol–water partition coefficient (Wildman–Crippen LogP) is 1.49. The van der Waals surface area contributed by atoms with Crippen molar-refractivity contribution in [2.45, 2.75) is 13.1 Å². The molecule has 3 heterocycles. The lowest BCUT2D eigenvalue weighted by molar-refractivity contribution is 0.0750. The van der Waals surface area contributed by atoms with Gasteiger partial charge in [-0.1, -0.05) is 0 Å². The summed E-state index contributed by atoms with van der Waals surface area (Å²) in [5.74, 6) is 1.77. The molecule has 2 aliphatic rings. The van der Waals surface area contributed by atoms with E-state index in [1.165, 1.54) is 0 Å². The van der Waals surface area contributed by atoms with Gasteiger partial charge in [-0.05, 0) is 18.2 Å². The van der Waals surface area contributed by atoms with Crippen LogP contribution in [0.2, 0.25) is 0 Å². The van der Waals surface area contributed by atoms with Gasteiger partial charge in [-0.15, -0.1) is 0 Å². The summed E-state index contributed by atoms with van der Waals surface area (Å²) in [6.45, 7) is 3.92. The van der Waals surface area contributed by atoms with Crippen molar-refractivity contribution in [3.8, 4) is 11.5 Å². The molecule has 0 radical (unpaired) electrons. The number of methoxy groups -OCH3 is 2. The van der Waals surface area contributed by atoms with Gasteiger partial charge in [0.2, 0.25) is 5.95 Å². The number of nitrogens with zero attached hydrogens (tertiary/aromatic N) is 4. The lowest BCUT2D eigenvalue weighted by Gasteiger charge is -2.26. The highest BCUT2D eigenvalue weighted by Crippen LogP contribution is 2.30. The first kappa shape index (κ1) is 17.5. The van der Waals surface area contributed by atoms with E-state index in [0.717, 1.165) is 24.3 Å². The number of ether oxygens (including phenoxy) is 3. The molecule has 8 heteroatoms. The summed E-state index contributed by atoms with van der Waals surface area (Å²) in [4.78, 5) is 26.0. The Kier molecular flexibility index (Phi) is 4.81. The highest BCUT2D eigenvalue weighted by atomic mass is 16.5. The Morgan fingerprint density at radius 1 is 1.11 bits per heavy atom. The fourth-order valence-electron chi connectivity index (χ4n) is 3.35. The molecular formula is C19H22N4O4. The van der Waals surface area contributed by atoms with Crippen LogP contribution in [0.4, 0.5) is 5.95 Å². The van der Waals surface area contributed by atoms with Crippen LogP contribution in [-0.4, -0.2) is 61.3 Å². The second-order valence-corrected chi connectivity index (χ2v) is 6.47. The quantitative estimate of drug-likeness (QED) is 0.807. The third-order valence-corrected chi connectivity index (χ3v) is 4.85. The minimum atomic E-state index is -0.0677. The van der Waals surface area contributed by atoms with Crippen LogP contribution in [0.15, 0.2) is 24.4 Å². The van der Waals surface area contributed by atoms with Gasteiger partial charge in [-0.3, -0.25) is 4.79 Å². The number of aromatic nitrogens is 2. The summed E-state index contributed by atoms with van der Waals surface area (Å²) >= 11 is 0. The molecule has 0 saturated carbocycles. The van der Waals surface area contributed by atoms with Crippen LogP contribution in [0.1, 0.15) is 21.6 Å². The van der Waals surface area contributed by atoms with Gasteiger partial charge in [0, 0.05) is 37.0 Å². The minimum absolute atomic E-state index is 0.0677. The number of carbonyl (C=O) groups is 1. The van der Waals surface area contributed by atoms with Crippen LogP contribution in [-0.2, 0) is 17.8 Å². The van der Waals surface area contributed by atoms with E-state index in [-0.39, 0.29) is 5.91 Å². The summed E-state index contributed by atoms with van der Waals surface area (Å²) in [6, 6.07) is 5.19. The first-order chi connectivity index (χ1) is 13.2. The number of carbonyl (C=O) groups excluding carboxylic acids is 1. The van der Waals surface area contributed by atoms with Gasteiger partial charge >= 0.3 is 0 Å². The monoisotopic (exact) mass is 370 g/mol. The third kappa shape index (κ3) is 3.40. The van der Waals surface area contributed by atoms with Gasteiger partial charge in [0.05, 0.1) is 39.7 Å². The first-order valence-corrected chi connectivity index (χ1v) is 8.88. The number of rotatable bonds is 4. The van der Waals surface area contributed by atoms with E-state index < -0.39 is 0 Å². The van der Waals surface area contributed by atoms with Crippen LogP contribution >= 0.6 is 0 Å². The standard InChI is InChI=1S/C19H22N4O4/c1-25-16-4-3-13(9-17(16)26-2)18(24)23-11-14-10-20-19(21-15(14)12-23)22-5-7-27-8-6-22/h3-4,9-10H,5-8,11-12H2,1-2H3. The fourth-order valence-corrected chi connectivity index (χ4v) is 3.35. The fraction of sp³-hybridized carbons (Fsp3) is 0.421. The summed E-state index contributed by atoms with van der Waals surface area (Å²) in [5.41, 5.74) is 2.45. The molecule has 0 spiro atoms. The topological polar surface area (TPSA) is 77.0 Å². The molecule has 1 saturated heterocycles. The minimum Gasteiger partial charge on any atom is -0.493 e. The first-order valence-electron chi connectivity index (χ1n) is 8.88. The van der Waals surface area contributed by atoms with Gasteiger partial charge in [0.15, 0.2) is 11.5 Å². The Balaban J connectivity index is 1.51. The van der Waals surface area contributed by atoms with Crippen LogP contribution in [0.25, 0.3) is 0 Å². The van der Waals surface area contributed by atoms with Crippen molar-refractivity contribution in [1.29, 1.82) is 0 Å². The number of anilines is 1. The molecule has 27 heavy (non-hydrogen) atoms. The second kappa shape index (κ2) is 7.40. The molecule has 8 nitrogen and oxygen atoms in total. The van der Waals surface area contributed by atoms with E-state index in [1.54, 1.807) is 37.3 Å². The van der Waals surface area contributed by atoms with Gasteiger partial charge in [-0.2, -0.15) is 0 Å². The maximum absolute atomic E-state index is 12.9. The summed E-state index contributed by atoms with van der Waals surface area (Å²) < 4.78 is 15.9. The SMILES string of the molecule is COc1ccc(C(=O)N2Cc3cnc(N4CCOCC4)nc3C2)cc1OC. The molecular weight excluding hydrogens is 348 g/mol. The molecule has 0 N–H and O–H groups in total. The van der Waals surface area contributed by atoms with E-state index in [0.29, 0.717) is 49.3 Å². The average Bonchev–Trinajstić information content (AvgIpc) is 3.16. The van der Waals surface area contributed by atoms with Crippen molar-refractivity contribution in [3.63, 3.8) is 0 Å². The van der Waals surface area contributed by atoms with Gasteiger partial charge in [-0.25, -0.2) is 9.97 Å². The van der Waals surface area contributed by atoms with E-state index in [9.17, 15) is 4.79 Å². The summed E-state index contributed by atoms with van der Waals surface area (Å²) in [7, 11) is 3.13. The maximum atomic E-state index is 12.9. The lowest BCUT2D eigenvalue weighted by Crippen LogP contribution is -2.37. The van der Waals surface area contributed by atoms with Crippen molar-refractivity contribution in [2.75, 3.05) is 45.4 Å². The molecule has 0 bridgehead atoms. The van der Waals surface area contributed by atoms with Crippen molar-refractivity contribution in [1.82, 2.24) is 14.9 Å².